The first-order valence-electron chi connectivity index (χ1n) is 12.9. The van der Waals surface area contributed by atoms with E-state index in [9.17, 15) is 14.4 Å². The lowest BCUT2D eigenvalue weighted by atomic mass is 9.99. The van der Waals surface area contributed by atoms with Crippen molar-refractivity contribution in [1.82, 2.24) is 19.8 Å². The molecule has 2 amide bonds. The molecule has 0 atom stereocenters. The molecule has 9 heteroatoms. The van der Waals surface area contributed by atoms with E-state index in [-0.39, 0.29) is 11.4 Å². The molecule has 1 aromatic heterocycles. The Morgan fingerprint density at radius 3 is 2.62 bits per heavy atom. The van der Waals surface area contributed by atoms with Crippen LogP contribution < -0.4 is 15.8 Å². The van der Waals surface area contributed by atoms with Crippen LogP contribution in [0.25, 0.3) is 27.7 Å². The van der Waals surface area contributed by atoms with Gasteiger partial charge in [-0.05, 0) is 63.4 Å². The fourth-order valence-electron chi connectivity index (χ4n) is 4.43. The third-order valence-electron chi connectivity index (χ3n) is 7.01. The van der Waals surface area contributed by atoms with Gasteiger partial charge < -0.3 is 19.9 Å². The molecular weight excluding hydrogens is 494 g/mol. The Labute approximate surface area is 228 Å². The molecule has 9 nitrogen and oxygen atoms in total. The van der Waals surface area contributed by atoms with Crippen molar-refractivity contribution >= 4 is 34.1 Å². The van der Waals surface area contributed by atoms with Gasteiger partial charge in [-0.25, -0.2) is 4.98 Å². The van der Waals surface area contributed by atoms with Crippen LogP contribution in [0, 0.1) is 0 Å². The summed E-state index contributed by atoms with van der Waals surface area (Å²) in [7, 11) is 1.63. The van der Waals surface area contributed by atoms with Gasteiger partial charge in [-0.2, -0.15) is 0 Å². The number of aromatic nitrogens is 2. The fourth-order valence-corrected chi connectivity index (χ4v) is 4.43. The third-order valence-corrected chi connectivity index (χ3v) is 7.01. The second kappa shape index (κ2) is 10.9. The minimum atomic E-state index is -0.717. The highest BCUT2D eigenvalue weighted by atomic mass is 16.5. The van der Waals surface area contributed by atoms with E-state index in [1.54, 1.807) is 19.2 Å². The van der Waals surface area contributed by atoms with Crippen molar-refractivity contribution in [2.24, 2.45) is 0 Å². The van der Waals surface area contributed by atoms with E-state index in [1.807, 2.05) is 39.8 Å². The first-order valence-corrected chi connectivity index (χ1v) is 12.9. The first kappa shape index (κ1) is 27.8. The molecule has 1 aliphatic heterocycles. The molecule has 2 aromatic carbocycles. The van der Waals surface area contributed by atoms with Gasteiger partial charge in [0.25, 0.3) is 17.4 Å². The van der Waals surface area contributed by atoms with E-state index in [1.165, 1.54) is 16.8 Å². The smallest absolute Gasteiger partial charge is 0.272 e. The summed E-state index contributed by atoms with van der Waals surface area (Å²) >= 11 is 0. The van der Waals surface area contributed by atoms with Crippen molar-refractivity contribution in [2.75, 3.05) is 31.8 Å². The van der Waals surface area contributed by atoms with Crippen molar-refractivity contribution < 1.29 is 14.3 Å². The van der Waals surface area contributed by atoms with Gasteiger partial charge in [0.2, 0.25) is 0 Å². The Morgan fingerprint density at radius 1 is 1.18 bits per heavy atom. The van der Waals surface area contributed by atoms with Crippen LogP contribution in [-0.4, -0.2) is 58.7 Å². The highest BCUT2D eigenvalue weighted by Gasteiger charge is 2.26. The van der Waals surface area contributed by atoms with Gasteiger partial charge in [0.15, 0.2) is 0 Å². The topological polar surface area (TPSA) is 96.8 Å². The van der Waals surface area contributed by atoms with Gasteiger partial charge in [-0.3, -0.25) is 19.0 Å². The highest BCUT2D eigenvalue weighted by molar-refractivity contribution is 6.15. The molecular formula is C30H35N5O4. The highest BCUT2D eigenvalue weighted by Crippen LogP contribution is 2.34. The number of ether oxygens (including phenoxy) is 1. The van der Waals surface area contributed by atoms with Crippen LogP contribution in [0.15, 0.2) is 66.4 Å². The zero-order valence-corrected chi connectivity index (χ0v) is 23.2. The number of hydrogen-bond acceptors (Lipinski definition) is 6. The minimum Gasteiger partial charge on any atom is -0.361 e. The summed E-state index contributed by atoms with van der Waals surface area (Å²) in [5, 5.41) is 2.81. The lowest BCUT2D eigenvalue weighted by Gasteiger charge is -2.32. The fraction of sp³-hybridized carbons (Fsp3) is 0.333. The normalized spacial score (nSPS) is 12.8. The molecule has 0 saturated carbocycles. The number of likely N-dealkylation sites (N-methyl/N-ethyl adjacent to an activating group) is 1. The summed E-state index contributed by atoms with van der Waals surface area (Å²) in [4.78, 5) is 47.1. The van der Waals surface area contributed by atoms with Crippen molar-refractivity contribution in [3.63, 3.8) is 0 Å². The molecule has 204 valence electrons. The van der Waals surface area contributed by atoms with Gasteiger partial charge in [0.1, 0.15) is 18.8 Å². The first-order chi connectivity index (χ1) is 18.4. The van der Waals surface area contributed by atoms with E-state index in [0.29, 0.717) is 24.2 Å². The number of para-hydroxylation sites is 1. The van der Waals surface area contributed by atoms with Gasteiger partial charge >= 0.3 is 0 Å². The summed E-state index contributed by atoms with van der Waals surface area (Å²) in [6.07, 6.45) is 2.20. The predicted octanol–water partition coefficient (Wildman–Crippen LogP) is 3.78. The monoisotopic (exact) mass is 529 g/mol. The molecule has 0 unspecified atom stereocenters. The maximum atomic E-state index is 13.4. The Hall–Kier alpha value is -4.24. The standard InChI is InChI=1S/C30H35N5O4/c1-8-39-18-34-15-14-22-16-21(12-13-25(22)34)23-10-9-11-24-26(23)31-17-35(29(24)38)20(3)27(36)32-19(2)28(37)33(7)30(4,5)6/h9-13,16-17H,2-3,8,14-15,18H2,1,4-7H3,(H,32,36). The SMILES string of the molecule is C=C(NC(=O)C(=C)n1cnc2c(-c3ccc4c(c3)CCN4COCC)cccc2c1=O)C(=O)N(C)C(C)(C)C. The van der Waals surface area contributed by atoms with Crippen LogP contribution in [0.5, 0.6) is 0 Å². The van der Waals surface area contributed by atoms with E-state index in [4.69, 9.17) is 4.74 Å². The lowest BCUT2D eigenvalue weighted by Crippen LogP contribution is -2.46. The van der Waals surface area contributed by atoms with Crippen LogP contribution >= 0.6 is 0 Å². The molecule has 1 aliphatic rings. The zero-order chi connectivity index (χ0) is 28.5. The lowest BCUT2D eigenvalue weighted by molar-refractivity contribution is -0.131. The van der Waals surface area contributed by atoms with Crippen molar-refractivity contribution in [2.45, 2.75) is 39.7 Å². The number of carbonyl (C=O) groups is 2. The molecule has 0 aliphatic carbocycles. The van der Waals surface area contributed by atoms with Crippen LogP contribution in [0.2, 0.25) is 0 Å². The molecule has 0 fully saturated rings. The summed E-state index contributed by atoms with van der Waals surface area (Å²) in [5.74, 6) is -1.15. The Morgan fingerprint density at radius 2 is 1.92 bits per heavy atom. The molecule has 39 heavy (non-hydrogen) atoms. The zero-order valence-electron chi connectivity index (χ0n) is 23.2. The Balaban J connectivity index is 1.60. The number of nitrogens with zero attached hydrogens (tertiary/aromatic N) is 4. The molecule has 0 bridgehead atoms. The minimum absolute atomic E-state index is 0.112. The predicted molar refractivity (Wildman–Crippen MR) is 154 cm³/mol. The summed E-state index contributed by atoms with van der Waals surface area (Å²) in [6, 6.07) is 11.6. The largest absolute Gasteiger partial charge is 0.361 e. The number of benzene rings is 2. The van der Waals surface area contributed by atoms with Crippen molar-refractivity contribution in [3.8, 4) is 11.1 Å². The number of anilines is 1. The summed E-state index contributed by atoms with van der Waals surface area (Å²) < 4.78 is 6.67. The average molecular weight is 530 g/mol. The third kappa shape index (κ3) is 5.49. The molecule has 0 radical (unpaired) electrons. The molecule has 0 spiro atoms. The second-order valence-electron chi connectivity index (χ2n) is 10.5. The maximum absolute atomic E-state index is 13.4. The quantitative estimate of drug-likeness (QED) is 0.446. The van der Waals surface area contributed by atoms with Crippen LogP contribution in [0.1, 0.15) is 33.3 Å². The summed E-state index contributed by atoms with van der Waals surface area (Å²) in [6.45, 7) is 17.2. The molecule has 1 N–H and O–H groups in total. The van der Waals surface area contributed by atoms with Crippen LogP contribution in [-0.2, 0) is 20.7 Å². The molecule has 3 aromatic rings. The number of hydrogen-bond donors (Lipinski definition) is 1. The van der Waals surface area contributed by atoms with Crippen LogP contribution in [0.3, 0.4) is 0 Å². The van der Waals surface area contributed by atoms with Gasteiger partial charge in [-0.15, -0.1) is 0 Å². The maximum Gasteiger partial charge on any atom is 0.272 e. The van der Waals surface area contributed by atoms with E-state index in [2.05, 4.69) is 40.5 Å². The Kier molecular flexibility index (Phi) is 7.74. The van der Waals surface area contributed by atoms with E-state index >= 15 is 0 Å². The number of nitrogens with one attached hydrogen (secondary N) is 1. The summed E-state index contributed by atoms with van der Waals surface area (Å²) in [5.41, 5.74) is 3.50. The van der Waals surface area contributed by atoms with Crippen molar-refractivity contribution in [3.05, 3.63) is 77.5 Å². The van der Waals surface area contributed by atoms with Crippen LogP contribution in [0.4, 0.5) is 5.69 Å². The Bertz CT molecular complexity index is 1530. The van der Waals surface area contributed by atoms with Gasteiger partial charge in [-0.1, -0.05) is 31.4 Å². The number of carbonyl (C=O) groups excluding carboxylic acids is 2. The van der Waals surface area contributed by atoms with Crippen molar-refractivity contribution in [1.29, 1.82) is 0 Å². The van der Waals surface area contributed by atoms with Gasteiger partial charge in [0, 0.05) is 37.0 Å². The number of rotatable bonds is 8. The van der Waals surface area contributed by atoms with E-state index < -0.39 is 22.9 Å². The molecule has 2 heterocycles. The average Bonchev–Trinajstić information content (AvgIpc) is 3.32. The number of amides is 2. The number of fused-ring (bicyclic) bond motifs is 2. The second-order valence-corrected chi connectivity index (χ2v) is 10.5. The van der Waals surface area contributed by atoms with E-state index in [0.717, 1.165) is 34.3 Å². The molecule has 4 rings (SSSR count). The van der Waals surface area contributed by atoms with Gasteiger partial charge in [0.05, 0.1) is 16.6 Å². The molecule has 0 saturated heterocycles.